The molecule has 0 spiro atoms. The molecule has 0 amide bonds. The van der Waals surface area contributed by atoms with Gasteiger partial charge in [0.15, 0.2) is 5.13 Å². The monoisotopic (exact) mass is 167 g/mol. The van der Waals surface area contributed by atoms with Gasteiger partial charge in [0.2, 0.25) is 0 Å². The zero-order valence-corrected chi connectivity index (χ0v) is 6.34. The van der Waals surface area contributed by atoms with Gasteiger partial charge in [-0.05, 0) is 0 Å². The van der Waals surface area contributed by atoms with E-state index in [1.54, 1.807) is 12.4 Å². The lowest BCUT2D eigenvalue weighted by Crippen LogP contribution is -1.87. The van der Waals surface area contributed by atoms with Gasteiger partial charge < -0.3 is 4.42 Å². The van der Waals surface area contributed by atoms with E-state index >= 15 is 0 Å². The van der Waals surface area contributed by atoms with Gasteiger partial charge in [-0.2, -0.15) is 0 Å². The molecule has 0 fully saturated rings. The highest BCUT2D eigenvalue weighted by Crippen LogP contribution is 2.15. The van der Waals surface area contributed by atoms with Crippen LogP contribution in [-0.4, -0.2) is 9.97 Å². The van der Waals surface area contributed by atoms with Crippen molar-refractivity contribution in [2.75, 3.05) is 5.32 Å². The Labute approximate surface area is 66.9 Å². The van der Waals surface area contributed by atoms with Crippen LogP contribution in [0.4, 0.5) is 11.1 Å². The van der Waals surface area contributed by atoms with Crippen molar-refractivity contribution >= 4 is 22.5 Å². The molecule has 2 heterocycles. The second kappa shape index (κ2) is 2.71. The van der Waals surface area contributed by atoms with Gasteiger partial charge in [-0.15, -0.1) is 11.3 Å². The molecule has 0 aliphatic carbocycles. The maximum atomic E-state index is 4.95. The summed E-state index contributed by atoms with van der Waals surface area (Å²) in [5.74, 6) is 0. The van der Waals surface area contributed by atoms with Crippen LogP contribution >= 0.6 is 11.3 Å². The lowest BCUT2D eigenvalue weighted by Gasteiger charge is -1.92. The highest BCUT2D eigenvalue weighted by molar-refractivity contribution is 7.13. The van der Waals surface area contributed by atoms with E-state index < -0.39 is 0 Å². The topological polar surface area (TPSA) is 51.0 Å². The molecule has 5 heteroatoms. The number of rotatable bonds is 2. The fraction of sp³-hybridized carbons (Fsp3) is 0. The summed E-state index contributed by atoms with van der Waals surface area (Å²) in [6.07, 6.45) is 4.81. The van der Waals surface area contributed by atoms with Gasteiger partial charge in [0, 0.05) is 11.6 Å². The lowest BCUT2D eigenvalue weighted by molar-refractivity contribution is 0.578. The number of nitrogens with one attached hydrogen (secondary N) is 1. The largest absolute Gasteiger partial charge is 0.432 e. The molecule has 0 saturated carbocycles. The van der Waals surface area contributed by atoms with Crippen molar-refractivity contribution in [3.63, 3.8) is 0 Å². The third-order valence-electron chi connectivity index (χ3n) is 1.08. The third kappa shape index (κ3) is 1.38. The molecule has 2 rings (SSSR count). The van der Waals surface area contributed by atoms with Gasteiger partial charge >= 0.3 is 6.01 Å². The standard InChI is InChI=1S/C6H5N3OS/c1-3-10-5(7-1)9-6-8-2-4-11-6/h1-4H,(H,7,8,9). The van der Waals surface area contributed by atoms with Crippen LogP contribution in [0, 0.1) is 0 Å². The Morgan fingerprint density at radius 2 is 2.36 bits per heavy atom. The minimum atomic E-state index is 0.472. The number of hydrogen-bond acceptors (Lipinski definition) is 5. The van der Waals surface area contributed by atoms with Crippen LogP contribution in [0.1, 0.15) is 0 Å². The predicted octanol–water partition coefficient (Wildman–Crippen LogP) is 1.87. The third-order valence-corrected chi connectivity index (χ3v) is 1.77. The highest BCUT2D eigenvalue weighted by atomic mass is 32.1. The fourth-order valence-electron chi connectivity index (χ4n) is 0.662. The van der Waals surface area contributed by atoms with Crippen LogP contribution < -0.4 is 5.32 Å². The van der Waals surface area contributed by atoms with E-state index in [4.69, 9.17) is 4.42 Å². The van der Waals surface area contributed by atoms with Crippen LogP contribution in [0.5, 0.6) is 0 Å². The van der Waals surface area contributed by atoms with Crippen molar-refractivity contribution in [3.05, 3.63) is 24.0 Å². The molecule has 0 aromatic carbocycles. The average molecular weight is 167 g/mol. The Balaban J connectivity index is 2.14. The Morgan fingerprint density at radius 3 is 3.00 bits per heavy atom. The molecule has 11 heavy (non-hydrogen) atoms. The first-order valence-corrected chi connectivity index (χ1v) is 3.89. The quantitative estimate of drug-likeness (QED) is 0.741. The summed E-state index contributed by atoms with van der Waals surface area (Å²) in [7, 11) is 0. The van der Waals surface area contributed by atoms with E-state index in [1.165, 1.54) is 17.6 Å². The van der Waals surface area contributed by atoms with Gasteiger partial charge in [-0.25, -0.2) is 9.97 Å². The summed E-state index contributed by atoms with van der Waals surface area (Å²) in [5.41, 5.74) is 0. The van der Waals surface area contributed by atoms with Gasteiger partial charge in [0.25, 0.3) is 0 Å². The minimum absolute atomic E-state index is 0.472. The molecule has 2 aromatic rings. The smallest absolute Gasteiger partial charge is 0.300 e. The van der Waals surface area contributed by atoms with Crippen molar-refractivity contribution in [3.8, 4) is 0 Å². The van der Waals surface area contributed by atoms with E-state index in [0.29, 0.717) is 6.01 Å². The summed E-state index contributed by atoms with van der Waals surface area (Å²) in [5, 5.41) is 5.56. The summed E-state index contributed by atoms with van der Waals surface area (Å²) < 4.78 is 4.95. The fourth-order valence-corrected chi connectivity index (χ4v) is 1.18. The first-order chi connectivity index (χ1) is 5.45. The SMILES string of the molecule is c1coc(Nc2nccs2)n1. The number of oxazole rings is 1. The molecule has 0 saturated heterocycles. The average Bonchev–Trinajstić information content (AvgIpc) is 2.60. The zero-order valence-electron chi connectivity index (χ0n) is 5.52. The van der Waals surface area contributed by atoms with Gasteiger partial charge in [-0.1, -0.05) is 0 Å². The van der Waals surface area contributed by atoms with E-state index in [9.17, 15) is 0 Å². The summed E-state index contributed by atoms with van der Waals surface area (Å²) in [6, 6.07) is 0.472. The second-order valence-electron chi connectivity index (χ2n) is 1.80. The Kier molecular flexibility index (Phi) is 1.57. The molecule has 2 aromatic heterocycles. The van der Waals surface area contributed by atoms with Crippen molar-refractivity contribution < 1.29 is 4.42 Å². The van der Waals surface area contributed by atoms with Crippen LogP contribution in [0.25, 0.3) is 0 Å². The van der Waals surface area contributed by atoms with Gasteiger partial charge in [0.05, 0.1) is 6.20 Å². The molecular weight excluding hydrogens is 162 g/mol. The summed E-state index contributed by atoms with van der Waals surface area (Å²) in [4.78, 5) is 7.88. The predicted molar refractivity (Wildman–Crippen MR) is 41.9 cm³/mol. The molecule has 0 bridgehead atoms. The Hall–Kier alpha value is -1.36. The molecule has 0 aliphatic rings. The zero-order chi connectivity index (χ0) is 7.52. The number of hydrogen-bond donors (Lipinski definition) is 1. The van der Waals surface area contributed by atoms with E-state index in [0.717, 1.165) is 5.13 Å². The Bertz CT molecular complexity index is 270. The van der Waals surface area contributed by atoms with Crippen molar-refractivity contribution in [1.82, 2.24) is 9.97 Å². The normalized spacial score (nSPS) is 9.82. The molecule has 56 valence electrons. The van der Waals surface area contributed by atoms with Crippen LogP contribution in [0.3, 0.4) is 0 Å². The molecule has 1 N–H and O–H groups in total. The number of thiazole rings is 1. The Morgan fingerprint density at radius 1 is 1.36 bits per heavy atom. The van der Waals surface area contributed by atoms with E-state index in [1.807, 2.05) is 5.38 Å². The van der Waals surface area contributed by atoms with E-state index in [2.05, 4.69) is 15.3 Å². The first kappa shape index (κ1) is 6.36. The second-order valence-corrected chi connectivity index (χ2v) is 2.69. The maximum Gasteiger partial charge on any atom is 0.300 e. The molecule has 0 radical (unpaired) electrons. The minimum Gasteiger partial charge on any atom is -0.432 e. The van der Waals surface area contributed by atoms with E-state index in [-0.39, 0.29) is 0 Å². The first-order valence-electron chi connectivity index (χ1n) is 3.01. The summed E-state index contributed by atoms with van der Waals surface area (Å²) in [6.45, 7) is 0. The molecule has 0 aliphatic heterocycles. The van der Waals surface area contributed by atoms with Crippen molar-refractivity contribution in [2.24, 2.45) is 0 Å². The van der Waals surface area contributed by atoms with Crippen molar-refractivity contribution in [2.45, 2.75) is 0 Å². The molecule has 0 atom stereocenters. The van der Waals surface area contributed by atoms with Crippen LogP contribution in [0.2, 0.25) is 0 Å². The molecular formula is C6H5N3OS. The number of aromatic nitrogens is 2. The van der Waals surface area contributed by atoms with Gasteiger partial charge in [-0.3, -0.25) is 5.32 Å². The van der Waals surface area contributed by atoms with Crippen LogP contribution in [0.15, 0.2) is 28.5 Å². The molecule has 0 unspecified atom stereocenters. The number of anilines is 2. The van der Waals surface area contributed by atoms with Crippen LogP contribution in [-0.2, 0) is 0 Å². The summed E-state index contributed by atoms with van der Waals surface area (Å²) >= 11 is 1.50. The number of nitrogens with zero attached hydrogens (tertiary/aromatic N) is 2. The van der Waals surface area contributed by atoms with Gasteiger partial charge in [0.1, 0.15) is 6.26 Å². The maximum absolute atomic E-state index is 4.95. The molecule has 4 nitrogen and oxygen atoms in total. The highest BCUT2D eigenvalue weighted by Gasteiger charge is 1.98. The van der Waals surface area contributed by atoms with Crippen molar-refractivity contribution in [1.29, 1.82) is 0 Å². The lowest BCUT2D eigenvalue weighted by atomic mass is 10.9.